The number of ketones is 1. The number of carbonyl (C=O) groups excluding carboxylic acids is 1. The minimum Gasteiger partial charge on any atom is -0.496 e. The second kappa shape index (κ2) is 5.96. The van der Waals surface area contributed by atoms with E-state index in [1.165, 1.54) is 0 Å². The summed E-state index contributed by atoms with van der Waals surface area (Å²) in [5.74, 6) is -0.514. The Balaban J connectivity index is 2.35. The first-order valence-electron chi connectivity index (χ1n) is 6.07. The van der Waals surface area contributed by atoms with Crippen LogP contribution in [0, 0.1) is 0 Å². The second-order valence-corrected chi connectivity index (χ2v) is 4.88. The Morgan fingerprint density at radius 3 is 2.55 bits per heavy atom. The third-order valence-corrected chi connectivity index (χ3v) is 3.38. The molecular weight excluding hydrogens is 276 g/mol. The van der Waals surface area contributed by atoms with Crippen molar-refractivity contribution >= 4 is 35.2 Å². The lowest BCUT2D eigenvalue weighted by molar-refractivity contribution is -0.136. The maximum atomic E-state index is 11.9. The number of fused-ring (bicyclic) bond motifs is 1. The van der Waals surface area contributed by atoms with Gasteiger partial charge in [-0.25, -0.2) is 0 Å². The topological polar surface area (TPSA) is 63.6 Å². The summed E-state index contributed by atoms with van der Waals surface area (Å²) in [6, 6.07) is 8.94. The molecule has 0 atom stereocenters. The molecule has 104 valence electrons. The number of aliphatic carboxylic acids is 1. The summed E-state index contributed by atoms with van der Waals surface area (Å²) in [6.45, 7) is 0. The van der Waals surface area contributed by atoms with Gasteiger partial charge in [-0.05, 0) is 29.0 Å². The van der Waals surface area contributed by atoms with E-state index in [4.69, 9.17) is 9.84 Å². The molecule has 0 spiro atoms. The molecule has 0 saturated carbocycles. The third kappa shape index (κ3) is 3.11. The average molecular weight is 290 g/mol. The molecule has 0 bridgehead atoms. The lowest BCUT2D eigenvalue weighted by Crippen LogP contribution is -2.03. The summed E-state index contributed by atoms with van der Waals surface area (Å²) < 4.78 is 5.19. The van der Waals surface area contributed by atoms with Crippen LogP contribution in [-0.2, 0) is 4.79 Å². The molecule has 20 heavy (non-hydrogen) atoms. The van der Waals surface area contributed by atoms with E-state index in [1.54, 1.807) is 19.2 Å². The number of hydrogen-bond acceptors (Lipinski definition) is 4. The Morgan fingerprint density at radius 1 is 1.15 bits per heavy atom. The van der Waals surface area contributed by atoms with Crippen molar-refractivity contribution in [3.05, 3.63) is 35.9 Å². The van der Waals surface area contributed by atoms with Crippen LogP contribution in [-0.4, -0.2) is 24.0 Å². The zero-order valence-corrected chi connectivity index (χ0v) is 11.8. The molecule has 0 aliphatic heterocycles. The lowest BCUT2D eigenvalue weighted by atomic mass is 10.0. The minimum absolute atomic E-state index is 0.00261. The van der Waals surface area contributed by atoms with Crippen molar-refractivity contribution < 1.29 is 19.4 Å². The maximum absolute atomic E-state index is 11.9. The largest absolute Gasteiger partial charge is 0.496 e. The zero-order chi connectivity index (χ0) is 14.7. The van der Waals surface area contributed by atoms with E-state index in [9.17, 15) is 9.59 Å². The highest BCUT2D eigenvalue weighted by atomic mass is 32.1. The number of hydrogen-bond donors (Lipinski definition) is 2. The highest BCUT2D eigenvalue weighted by Crippen LogP contribution is 2.29. The number of Topliss-reactive ketones (excluding diaryl/α,β-unsaturated/α-hetero) is 1. The molecule has 2 rings (SSSR count). The minimum atomic E-state index is -0.972. The van der Waals surface area contributed by atoms with Gasteiger partial charge < -0.3 is 9.84 Å². The van der Waals surface area contributed by atoms with Crippen LogP contribution < -0.4 is 4.74 Å². The van der Waals surface area contributed by atoms with Gasteiger partial charge in [-0.2, -0.15) is 0 Å². The number of rotatable bonds is 5. The van der Waals surface area contributed by atoms with E-state index < -0.39 is 5.97 Å². The molecule has 0 aliphatic rings. The van der Waals surface area contributed by atoms with Crippen LogP contribution in [0.4, 0.5) is 0 Å². The van der Waals surface area contributed by atoms with Crippen molar-refractivity contribution in [3.8, 4) is 5.75 Å². The van der Waals surface area contributed by atoms with Crippen LogP contribution in [0.2, 0.25) is 0 Å². The first kappa shape index (κ1) is 14.4. The fourth-order valence-corrected chi connectivity index (χ4v) is 2.26. The van der Waals surface area contributed by atoms with E-state index in [0.717, 1.165) is 15.7 Å². The van der Waals surface area contributed by atoms with Gasteiger partial charge in [0, 0.05) is 16.9 Å². The zero-order valence-electron chi connectivity index (χ0n) is 10.9. The van der Waals surface area contributed by atoms with E-state index in [0.29, 0.717) is 11.3 Å². The number of carboxylic acid groups (broad SMARTS) is 1. The molecule has 2 aromatic carbocycles. The van der Waals surface area contributed by atoms with Crippen molar-refractivity contribution in [1.82, 2.24) is 0 Å². The monoisotopic (exact) mass is 290 g/mol. The van der Waals surface area contributed by atoms with Crippen LogP contribution in [0.1, 0.15) is 23.2 Å². The summed E-state index contributed by atoms with van der Waals surface area (Å²) in [7, 11) is 1.56. The summed E-state index contributed by atoms with van der Waals surface area (Å²) in [5, 5.41) is 10.4. The Bertz CT molecular complexity index is 679. The average Bonchev–Trinajstić information content (AvgIpc) is 2.43. The summed E-state index contributed by atoms with van der Waals surface area (Å²) in [6.07, 6.45) is -0.154. The van der Waals surface area contributed by atoms with Gasteiger partial charge in [-0.3, -0.25) is 9.59 Å². The van der Waals surface area contributed by atoms with Crippen LogP contribution >= 0.6 is 12.6 Å². The number of ether oxygens (including phenoxy) is 1. The van der Waals surface area contributed by atoms with Gasteiger partial charge in [0.1, 0.15) is 5.75 Å². The first-order chi connectivity index (χ1) is 9.51. The highest BCUT2D eigenvalue weighted by molar-refractivity contribution is 7.80. The molecule has 0 radical (unpaired) electrons. The molecule has 0 fully saturated rings. The Labute approximate surface area is 121 Å². The van der Waals surface area contributed by atoms with E-state index in [2.05, 4.69) is 12.6 Å². The summed E-state index contributed by atoms with van der Waals surface area (Å²) >= 11 is 4.32. The van der Waals surface area contributed by atoms with Crippen LogP contribution in [0.25, 0.3) is 10.8 Å². The van der Waals surface area contributed by atoms with Crippen LogP contribution in [0.5, 0.6) is 5.75 Å². The quantitative estimate of drug-likeness (QED) is 0.655. The van der Waals surface area contributed by atoms with Crippen molar-refractivity contribution in [2.24, 2.45) is 0 Å². The van der Waals surface area contributed by atoms with Gasteiger partial charge in [0.05, 0.1) is 13.5 Å². The molecule has 0 aliphatic carbocycles. The smallest absolute Gasteiger partial charge is 0.303 e. The molecule has 5 heteroatoms. The fraction of sp³-hybridized carbons (Fsp3) is 0.200. The Kier molecular flexibility index (Phi) is 4.29. The van der Waals surface area contributed by atoms with Gasteiger partial charge in [0.25, 0.3) is 0 Å². The Hall–Kier alpha value is -2.01. The normalized spacial score (nSPS) is 10.5. The lowest BCUT2D eigenvalue weighted by Gasteiger charge is -2.07. The molecule has 0 saturated heterocycles. The number of benzene rings is 2. The summed E-state index contributed by atoms with van der Waals surface area (Å²) in [4.78, 5) is 23.1. The predicted octanol–water partition coefficient (Wildman–Crippen LogP) is 3.18. The van der Waals surface area contributed by atoms with Crippen molar-refractivity contribution in [3.63, 3.8) is 0 Å². The van der Waals surface area contributed by atoms with Gasteiger partial charge in [0.15, 0.2) is 5.78 Å². The Morgan fingerprint density at radius 2 is 1.90 bits per heavy atom. The second-order valence-electron chi connectivity index (χ2n) is 4.40. The molecule has 0 aromatic heterocycles. The van der Waals surface area contributed by atoms with Crippen molar-refractivity contribution in [2.75, 3.05) is 7.11 Å². The van der Waals surface area contributed by atoms with Crippen molar-refractivity contribution in [2.45, 2.75) is 17.7 Å². The first-order valence-corrected chi connectivity index (χ1v) is 6.51. The molecular formula is C15H14O4S. The van der Waals surface area contributed by atoms with Crippen LogP contribution in [0.15, 0.2) is 35.2 Å². The van der Waals surface area contributed by atoms with Gasteiger partial charge in [-0.15, -0.1) is 12.6 Å². The molecule has 0 amide bonds. The standard InChI is InChI=1S/C15H14O4S/c1-19-13-7-11-6-10(12(16)4-5-15(17)18)3-2-9(11)8-14(13)20/h2-3,6-8,20H,4-5H2,1H3,(H,17,18). The molecule has 0 heterocycles. The van der Waals surface area contributed by atoms with E-state index in [1.807, 2.05) is 18.2 Å². The third-order valence-electron chi connectivity index (χ3n) is 3.03. The van der Waals surface area contributed by atoms with E-state index in [-0.39, 0.29) is 18.6 Å². The molecule has 4 nitrogen and oxygen atoms in total. The van der Waals surface area contributed by atoms with Gasteiger partial charge in [0.2, 0.25) is 0 Å². The summed E-state index contributed by atoms with van der Waals surface area (Å²) in [5.41, 5.74) is 0.507. The predicted molar refractivity (Wildman–Crippen MR) is 79.0 cm³/mol. The molecule has 1 N–H and O–H groups in total. The molecule has 0 unspecified atom stereocenters. The van der Waals surface area contributed by atoms with Crippen LogP contribution in [0.3, 0.4) is 0 Å². The number of carboxylic acids is 1. The number of carbonyl (C=O) groups is 2. The van der Waals surface area contributed by atoms with Gasteiger partial charge >= 0.3 is 5.97 Å². The SMILES string of the molecule is COc1cc2cc(C(=O)CCC(=O)O)ccc2cc1S. The van der Waals surface area contributed by atoms with E-state index >= 15 is 0 Å². The number of methoxy groups -OCH3 is 1. The fourth-order valence-electron chi connectivity index (χ4n) is 1.97. The highest BCUT2D eigenvalue weighted by Gasteiger charge is 2.10. The number of thiol groups is 1. The van der Waals surface area contributed by atoms with Gasteiger partial charge in [-0.1, -0.05) is 12.1 Å². The molecule has 2 aromatic rings. The van der Waals surface area contributed by atoms with Crippen molar-refractivity contribution in [1.29, 1.82) is 0 Å². The maximum Gasteiger partial charge on any atom is 0.303 e.